The molecular formula is C14H8BrClO4. The molecule has 0 aliphatic heterocycles. The van der Waals surface area contributed by atoms with E-state index in [2.05, 4.69) is 15.9 Å². The van der Waals surface area contributed by atoms with Crippen molar-refractivity contribution in [3.63, 3.8) is 0 Å². The molecule has 0 atom stereocenters. The van der Waals surface area contributed by atoms with Crippen molar-refractivity contribution in [2.24, 2.45) is 0 Å². The molecule has 0 radical (unpaired) electrons. The van der Waals surface area contributed by atoms with Gasteiger partial charge in [-0.2, -0.15) is 0 Å². The number of halogens is 2. The molecule has 0 fully saturated rings. The second-order valence-electron chi connectivity index (χ2n) is 3.85. The first-order valence-electron chi connectivity index (χ1n) is 5.48. The normalized spacial score (nSPS) is 10.1. The van der Waals surface area contributed by atoms with E-state index in [0.29, 0.717) is 9.50 Å². The van der Waals surface area contributed by atoms with Gasteiger partial charge < -0.3 is 9.84 Å². The molecule has 1 N–H and O–H groups in total. The van der Waals surface area contributed by atoms with Crippen LogP contribution in [0.2, 0.25) is 5.02 Å². The largest absolute Gasteiger partial charge is 0.478 e. The fourth-order valence-electron chi connectivity index (χ4n) is 1.53. The molecule has 0 aromatic heterocycles. The summed E-state index contributed by atoms with van der Waals surface area (Å²) in [6, 6.07) is 10.6. The van der Waals surface area contributed by atoms with Gasteiger partial charge in [0.2, 0.25) is 0 Å². The number of hydrogen-bond donors (Lipinski definition) is 1. The van der Waals surface area contributed by atoms with Crippen molar-refractivity contribution in [3.8, 4) is 5.75 Å². The van der Waals surface area contributed by atoms with E-state index in [9.17, 15) is 9.59 Å². The van der Waals surface area contributed by atoms with Gasteiger partial charge in [-0.1, -0.05) is 33.6 Å². The van der Waals surface area contributed by atoms with Crippen molar-refractivity contribution in [3.05, 3.63) is 63.1 Å². The molecule has 0 saturated heterocycles. The third-order valence-electron chi connectivity index (χ3n) is 2.43. The molecule has 2 aromatic carbocycles. The lowest BCUT2D eigenvalue weighted by Gasteiger charge is -2.08. The smallest absolute Gasteiger partial charge is 0.343 e. The predicted molar refractivity (Wildman–Crippen MR) is 77.5 cm³/mol. The number of aromatic carboxylic acids is 1. The van der Waals surface area contributed by atoms with Crippen LogP contribution in [0.4, 0.5) is 0 Å². The quantitative estimate of drug-likeness (QED) is 0.667. The molecule has 102 valence electrons. The molecule has 0 aliphatic carbocycles. The first kappa shape index (κ1) is 14.6. The summed E-state index contributed by atoms with van der Waals surface area (Å²) in [6.45, 7) is 0. The third kappa shape index (κ3) is 3.37. The van der Waals surface area contributed by atoms with E-state index in [-0.39, 0.29) is 16.9 Å². The van der Waals surface area contributed by atoms with Gasteiger partial charge >= 0.3 is 11.9 Å². The molecule has 20 heavy (non-hydrogen) atoms. The summed E-state index contributed by atoms with van der Waals surface area (Å²) in [5, 5.41) is 9.48. The zero-order chi connectivity index (χ0) is 14.7. The molecule has 0 unspecified atom stereocenters. The van der Waals surface area contributed by atoms with E-state index >= 15 is 0 Å². The van der Waals surface area contributed by atoms with Crippen LogP contribution < -0.4 is 4.74 Å². The van der Waals surface area contributed by atoms with Gasteiger partial charge in [-0.05, 0) is 36.4 Å². The van der Waals surface area contributed by atoms with E-state index in [1.807, 2.05) is 0 Å². The van der Waals surface area contributed by atoms with Gasteiger partial charge in [0.05, 0.1) is 5.56 Å². The molecule has 6 heteroatoms. The second kappa shape index (κ2) is 6.07. The standard InChI is InChI=1S/C14H8BrClO4/c15-9-4-5-12(11(7-9)13(17)18)20-14(19)8-2-1-3-10(16)6-8/h1-7H,(H,17,18). The molecule has 2 rings (SSSR count). The Bertz CT molecular complexity index is 685. The number of hydrogen-bond acceptors (Lipinski definition) is 3. The highest BCUT2D eigenvalue weighted by molar-refractivity contribution is 9.10. The Morgan fingerprint density at radius 2 is 1.90 bits per heavy atom. The molecule has 0 saturated carbocycles. The van der Waals surface area contributed by atoms with Crippen LogP contribution in [0.1, 0.15) is 20.7 Å². The molecule has 2 aromatic rings. The SMILES string of the molecule is O=C(Oc1ccc(Br)cc1C(=O)O)c1cccc(Cl)c1. The lowest BCUT2D eigenvalue weighted by molar-refractivity contribution is 0.0681. The average Bonchev–Trinajstić information content (AvgIpc) is 2.40. The Labute approximate surface area is 128 Å². The molecule has 0 aliphatic rings. The number of carbonyl (C=O) groups is 2. The van der Waals surface area contributed by atoms with Crippen molar-refractivity contribution >= 4 is 39.5 Å². The highest BCUT2D eigenvalue weighted by Crippen LogP contribution is 2.24. The van der Waals surface area contributed by atoms with Crippen LogP contribution in [-0.2, 0) is 0 Å². The number of carboxylic acid groups (broad SMARTS) is 1. The van der Waals surface area contributed by atoms with E-state index in [1.165, 1.54) is 24.3 Å². The van der Waals surface area contributed by atoms with Gasteiger partial charge in [0.15, 0.2) is 0 Å². The van der Waals surface area contributed by atoms with Crippen LogP contribution in [0.15, 0.2) is 46.9 Å². The highest BCUT2D eigenvalue weighted by atomic mass is 79.9. The summed E-state index contributed by atoms with van der Waals surface area (Å²) in [5.41, 5.74) is 0.145. The maximum Gasteiger partial charge on any atom is 0.343 e. The first-order valence-corrected chi connectivity index (χ1v) is 6.65. The Morgan fingerprint density at radius 3 is 2.55 bits per heavy atom. The minimum atomic E-state index is -1.18. The van der Waals surface area contributed by atoms with E-state index in [0.717, 1.165) is 0 Å². The monoisotopic (exact) mass is 354 g/mol. The van der Waals surface area contributed by atoms with Crippen molar-refractivity contribution < 1.29 is 19.4 Å². The Kier molecular flexibility index (Phi) is 4.42. The van der Waals surface area contributed by atoms with Gasteiger partial charge in [0.25, 0.3) is 0 Å². The van der Waals surface area contributed by atoms with Gasteiger partial charge in [0, 0.05) is 9.50 Å². The van der Waals surface area contributed by atoms with Crippen LogP contribution in [0.25, 0.3) is 0 Å². The predicted octanol–water partition coefficient (Wildman–Crippen LogP) is 4.02. The fourth-order valence-corrected chi connectivity index (χ4v) is 2.08. The van der Waals surface area contributed by atoms with E-state index in [4.69, 9.17) is 21.4 Å². The van der Waals surface area contributed by atoms with Gasteiger partial charge in [-0.3, -0.25) is 0 Å². The maximum atomic E-state index is 11.9. The summed E-state index contributed by atoms with van der Waals surface area (Å²) in [4.78, 5) is 23.1. The number of esters is 1. The average molecular weight is 356 g/mol. The number of rotatable bonds is 3. The van der Waals surface area contributed by atoms with Gasteiger partial charge in [-0.25, -0.2) is 9.59 Å². The van der Waals surface area contributed by atoms with Crippen molar-refractivity contribution in [1.29, 1.82) is 0 Å². The summed E-state index contributed by atoms with van der Waals surface area (Å²) in [7, 11) is 0. The Morgan fingerprint density at radius 1 is 1.15 bits per heavy atom. The molecule has 0 spiro atoms. The zero-order valence-electron chi connectivity index (χ0n) is 9.97. The van der Waals surface area contributed by atoms with Crippen molar-refractivity contribution in [2.75, 3.05) is 0 Å². The summed E-state index contributed by atoms with van der Waals surface area (Å²) in [6.07, 6.45) is 0. The number of benzene rings is 2. The van der Waals surface area contributed by atoms with Crippen LogP contribution >= 0.6 is 27.5 Å². The minimum Gasteiger partial charge on any atom is -0.478 e. The summed E-state index contributed by atoms with van der Waals surface area (Å²) in [5.74, 6) is -1.87. The third-order valence-corrected chi connectivity index (χ3v) is 3.16. The summed E-state index contributed by atoms with van der Waals surface area (Å²) < 4.78 is 5.68. The Balaban J connectivity index is 2.30. The fraction of sp³-hybridized carbons (Fsp3) is 0. The number of carboxylic acids is 1. The first-order chi connectivity index (χ1) is 9.47. The molecule has 0 amide bonds. The Hall–Kier alpha value is -1.85. The highest BCUT2D eigenvalue weighted by Gasteiger charge is 2.16. The van der Waals surface area contributed by atoms with E-state index in [1.54, 1.807) is 18.2 Å². The van der Waals surface area contributed by atoms with Crippen molar-refractivity contribution in [2.45, 2.75) is 0 Å². The molecular weight excluding hydrogens is 348 g/mol. The van der Waals surface area contributed by atoms with Crippen LogP contribution in [0.5, 0.6) is 5.75 Å². The minimum absolute atomic E-state index is 0.0225. The lowest BCUT2D eigenvalue weighted by atomic mass is 10.2. The number of ether oxygens (including phenoxy) is 1. The topological polar surface area (TPSA) is 63.6 Å². The molecule has 0 heterocycles. The van der Waals surface area contributed by atoms with Crippen LogP contribution in [-0.4, -0.2) is 17.0 Å². The maximum absolute atomic E-state index is 11.9. The van der Waals surface area contributed by atoms with Crippen LogP contribution in [0, 0.1) is 0 Å². The second-order valence-corrected chi connectivity index (χ2v) is 5.20. The molecule has 0 bridgehead atoms. The van der Waals surface area contributed by atoms with Gasteiger partial charge in [-0.15, -0.1) is 0 Å². The number of carbonyl (C=O) groups excluding carboxylic acids is 1. The van der Waals surface area contributed by atoms with Gasteiger partial charge in [0.1, 0.15) is 11.3 Å². The van der Waals surface area contributed by atoms with Crippen molar-refractivity contribution in [1.82, 2.24) is 0 Å². The zero-order valence-corrected chi connectivity index (χ0v) is 12.3. The molecule has 4 nitrogen and oxygen atoms in total. The lowest BCUT2D eigenvalue weighted by Crippen LogP contribution is -2.11. The van der Waals surface area contributed by atoms with Crippen LogP contribution in [0.3, 0.4) is 0 Å². The van der Waals surface area contributed by atoms with E-state index < -0.39 is 11.9 Å². The summed E-state index contributed by atoms with van der Waals surface area (Å²) >= 11 is 8.95.